The summed E-state index contributed by atoms with van der Waals surface area (Å²) in [6.45, 7) is 6.89. The molecule has 1 amide bonds. The van der Waals surface area contributed by atoms with Crippen LogP contribution in [0.3, 0.4) is 0 Å². The number of hydrogen-bond donors (Lipinski definition) is 2. The maximum Gasteiger partial charge on any atom is 0.265 e. The number of hydrogen-bond acceptors (Lipinski definition) is 6. The maximum atomic E-state index is 13.1. The highest BCUT2D eigenvalue weighted by molar-refractivity contribution is 7.92. The Labute approximate surface area is 187 Å². The van der Waals surface area contributed by atoms with E-state index in [0.29, 0.717) is 28.4 Å². The van der Waals surface area contributed by atoms with Gasteiger partial charge in [0, 0.05) is 6.92 Å². The number of carbonyl (C=O) groups is 1. The highest BCUT2D eigenvalue weighted by atomic mass is 32.2. The van der Waals surface area contributed by atoms with E-state index in [9.17, 15) is 13.2 Å². The molecule has 0 aliphatic rings. The molecule has 0 bridgehead atoms. The van der Waals surface area contributed by atoms with E-state index >= 15 is 0 Å². The number of benzene rings is 2. The second kappa shape index (κ2) is 9.27. The van der Waals surface area contributed by atoms with Gasteiger partial charge in [-0.05, 0) is 56.2 Å². The van der Waals surface area contributed by atoms with Gasteiger partial charge < -0.3 is 14.6 Å². The first-order valence-electron chi connectivity index (χ1n) is 9.81. The van der Waals surface area contributed by atoms with Crippen LogP contribution in [0.1, 0.15) is 35.1 Å². The molecule has 0 unspecified atom stereocenters. The van der Waals surface area contributed by atoms with Gasteiger partial charge in [-0.25, -0.2) is 8.42 Å². The topological polar surface area (TPSA) is 111 Å². The molecule has 3 aromatic rings. The quantitative estimate of drug-likeness (QED) is 0.541. The summed E-state index contributed by atoms with van der Waals surface area (Å²) in [7, 11) is -2.50. The molecule has 0 aliphatic heterocycles. The Morgan fingerprint density at radius 3 is 2.50 bits per heavy atom. The van der Waals surface area contributed by atoms with Crippen LogP contribution in [0.15, 0.2) is 45.8 Å². The zero-order chi connectivity index (χ0) is 23.5. The van der Waals surface area contributed by atoms with E-state index in [1.165, 1.54) is 20.1 Å². The lowest BCUT2D eigenvalue weighted by Crippen LogP contribution is -2.15. The number of nitrogens with zero attached hydrogens (tertiary/aromatic N) is 1. The van der Waals surface area contributed by atoms with Crippen LogP contribution in [0.4, 0.5) is 11.4 Å². The van der Waals surface area contributed by atoms with Crippen molar-refractivity contribution in [2.45, 2.75) is 32.6 Å². The van der Waals surface area contributed by atoms with E-state index in [-0.39, 0.29) is 16.6 Å². The van der Waals surface area contributed by atoms with Crippen molar-refractivity contribution in [2.75, 3.05) is 17.1 Å². The lowest BCUT2D eigenvalue weighted by Gasteiger charge is -2.14. The summed E-state index contributed by atoms with van der Waals surface area (Å²) in [5.41, 5.74) is 3.94. The minimum atomic E-state index is -3.92. The summed E-state index contributed by atoms with van der Waals surface area (Å²) >= 11 is 0. The molecule has 8 nitrogen and oxygen atoms in total. The Kier molecular flexibility index (Phi) is 6.69. The van der Waals surface area contributed by atoms with Crippen molar-refractivity contribution in [1.82, 2.24) is 5.16 Å². The molecule has 0 aliphatic carbocycles. The molecule has 1 aromatic heterocycles. The van der Waals surface area contributed by atoms with Gasteiger partial charge in [-0.2, -0.15) is 0 Å². The van der Waals surface area contributed by atoms with Crippen LogP contribution in [-0.4, -0.2) is 26.6 Å². The Bertz CT molecular complexity index is 1290. The Balaban J connectivity index is 1.95. The van der Waals surface area contributed by atoms with E-state index in [4.69, 9.17) is 9.26 Å². The van der Waals surface area contributed by atoms with Gasteiger partial charge in [0.25, 0.3) is 10.0 Å². The van der Waals surface area contributed by atoms with Crippen molar-refractivity contribution in [2.24, 2.45) is 0 Å². The van der Waals surface area contributed by atoms with E-state index in [1.807, 2.05) is 26.0 Å². The summed E-state index contributed by atoms with van der Waals surface area (Å²) in [4.78, 5) is 11.4. The molecule has 2 aromatic carbocycles. The number of methoxy groups -OCH3 is 1. The molecule has 3 rings (SSSR count). The van der Waals surface area contributed by atoms with Gasteiger partial charge in [-0.3, -0.25) is 9.52 Å². The summed E-state index contributed by atoms with van der Waals surface area (Å²) < 4.78 is 39.4. The van der Waals surface area contributed by atoms with Gasteiger partial charge in [0.15, 0.2) is 5.76 Å². The van der Waals surface area contributed by atoms with Crippen LogP contribution in [-0.2, 0) is 14.8 Å². The summed E-state index contributed by atoms with van der Waals surface area (Å²) in [6, 6.07) is 10.3. The number of ether oxygens (including phenoxy) is 1. The molecule has 1 heterocycles. The van der Waals surface area contributed by atoms with Gasteiger partial charge in [0.1, 0.15) is 22.0 Å². The predicted molar refractivity (Wildman–Crippen MR) is 124 cm³/mol. The minimum absolute atomic E-state index is 0.00189. The molecular weight excluding hydrogens is 430 g/mol. The first kappa shape index (κ1) is 23.1. The van der Waals surface area contributed by atoms with E-state index in [1.54, 1.807) is 37.3 Å². The number of sulfonamides is 1. The molecular formula is C23H25N3O5S. The van der Waals surface area contributed by atoms with Crippen LogP contribution < -0.4 is 14.8 Å². The minimum Gasteiger partial charge on any atom is -0.495 e. The molecule has 0 saturated heterocycles. The Morgan fingerprint density at radius 1 is 1.09 bits per heavy atom. The normalized spacial score (nSPS) is 11.5. The average molecular weight is 456 g/mol. The number of anilines is 2. The zero-order valence-corrected chi connectivity index (χ0v) is 19.3. The van der Waals surface area contributed by atoms with Gasteiger partial charge in [0.05, 0.1) is 12.8 Å². The van der Waals surface area contributed by atoms with Gasteiger partial charge >= 0.3 is 0 Å². The second-order valence-electron chi connectivity index (χ2n) is 7.36. The average Bonchev–Trinajstić information content (AvgIpc) is 3.07. The summed E-state index contributed by atoms with van der Waals surface area (Å²) in [5.74, 6) is 0.321. The third-order valence-corrected chi connectivity index (χ3v) is 6.11. The first-order chi connectivity index (χ1) is 15.1. The van der Waals surface area contributed by atoms with E-state index in [0.717, 1.165) is 11.1 Å². The van der Waals surface area contributed by atoms with Crippen LogP contribution in [0.2, 0.25) is 0 Å². The van der Waals surface area contributed by atoms with Gasteiger partial charge in [-0.15, -0.1) is 0 Å². The number of aromatic nitrogens is 1. The predicted octanol–water partition coefficient (Wildman–Crippen LogP) is 4.54. The Hall–Kier alpha value is -3.59. The number of rotatable bonds is 7. The van der Waals surface area contributed by atoms with Crippen LogP contribution in [0.5, 0.6) is 5.75 Å². The molecule has 2 N–H and O–H groups in total. The number of aryl methyl sites for hydroxylation is 3. The molecule has 0 radical (unpaired) electrons. The smallest absolute Gasteiger partial charge is 0.265 e. The van der Waals surface area contributed by atoms with Crippen molar-refractivity contribution in [3.05, 3.63) is 64.5 Å². The molecule has 0 spiro atoms. The number of amides is 1. The zero-order valence-electron chi connectivity index (χ0n) is 18.5. The fourth-order valence-corrected chi connectivity index (χ4v) is 4.47. The van der Waals surface area contributed by atoms with E-state index in [2.05, 4.69) is 15.2 Å². The van der Waals surface area contributed by atoms with Crippen molar-refractivity contribution in [3.8, 4) is 5.75 Å². The molecule has 9 heteroatoms. The highest BCUT2D eigenvalue weighted by Gasteiger charge is 2.21. The van der Waals surface area contributed by atoms with E-state index < -0.39 is 10.0 Å². The Morgan fingerprint density at radius 2 is 1.84 bits per heavy atom. The molecule has 168 valence electrons. The molecule has 0 atom stereocenters. The van der Waals surface area contributed by atoms with Crippen LogP contribution >= 0.6 is 0 Å². The monoisotopic (exact) mass is 455 g/mol. The number of carbonyl (C=O) groups excluding carboxylic acids is 1. The second-order valence-corrected chi connectivity index (χ2v) is 9.01. The van der Waals surface area contributed by atoms with Gasteiger partial charge in [-0.1, -0.05) is 35.0 Å². The number of nitrogens with one attached hydrogen (secondary N) is 2. The van der Waals surface area contributed by atoms with Crippen molar-refractivity contribution >= 4 is 39.5 Å². The third-order valence-electron chi connectivity index (χ3n) is 4.72. The van der Waals surface area contributed by atoms with Gasteiger partial charge in [0.2, 0.25) is 5.91 Å². The lowest BCUT2D eigenvalue weighted by molar-refractivity contribution is -0.114. The largest absolute Gasteiger partial charge is 0.495 e. The fourth-order valence-electron chi connectivity index (χ4n) is 3.14. The summed E-state index contributed by atoms with van der Waals surface area (Å²) in [6.07, 6.45) is 3.28. The van der Waals surface area contributed by atoms with Crippen molar-refractivity contribution in [1.29, 1.82) is 0 Å². The van der Waals surface area contributed by atoms with Crippen LogP contribution in [0, 0.1) is 20.8 Å². The molecule has 0 fully saturated rings. The first-order valence-corrected chi connectivity index (χ1v) is 11.3. The maximum absolute atomic E-state index is 13.1. The standard InChI is InChI=1S/C23H25N3O5S/c1-14-6-9-19(15(2)12-14)26-32(28,29)22-13-18(7-10-20(22)30-5)8-11-21-23(24-17(4)27)16(3)25-31-21/h6-13,26H,1-5H3,(H,24,27). The van der Waals surface area contributed by atoms with Crippen LogP contribution in [0.25, 0.3) is 12.2 Å². The fraction of sp³-hybridized carbons (Fsp3) is 0.217. The SMILES string of the molecule is COc1ccc(C=Cc2onc(C)c2NC(C)=O)cc1S(=O)(=O)Nc1ccc(C)cc1C. The van der Waals surface area contributed by atoms with Crippen molar-refractivity contribution < 1.29 is 22.5 Å². The lowest BCUT2D eigenvalue weighted by atomic mass is 10.1. The summed E-state index contributed by atoms with van der Waals surface area (Å²) in [5, 5.41) is 6.54. The van der Waals surface area contributed by atoms with Crippen molar-refractivity contribution in [3.63, 3.8) is 0 Å². The third kappa shape index (κ3) is 5.17. The molecule has 0 saturated carbocycles. The molecule has 32 heavy (non-hydrogen) atoms. The highest BCUT2D eigenvalue weighted by Crippen LogP contribution is 2.29.